The Hall–Kier alpha value is -2.19. The van der Waals surface area contributed by atoms with Gasteiger partial charge in [0.05, 0.1) is 9.77 Å². The van der Waals surface area contributed by atoms with Crippen molar-refractivity contribution in [1.29, 1.82) is 0 Å². The van der Waals surface area contributed by atoms with Gasteiger partial charge in [0.2, 0.25) is 0 Å². The Morgan fingerprint density at radius 3 is 2.52 bits per heavy atom. The number of carbonyl (C=O) groups excluding carboxylic acids is 1. The number of nitrogens with one attached hydrogen (secondary N) is 2. The molecule has 0 unspecified atom stereocenters. The summed E-state index contributed by atoms with van der Waals surface area (Å²) in [6.45, 7) is 0.662. The van der Waals surface area contributed by atoms with Crippen LogP contribution in [0.2, 0.25) is 0 Å². The van der Waals surface area contributed by atoms with Crippen molar-refractivity contribution in [2.24, 2.45) is 4.99 Å². The highest BCUT2D eigenvalue weighted by atomic mass is 32.2. The van der Waals surface area contributed by atoms with E-state index in [1.165, 1.54) is 35.4 Å². The van der Waals surface area contributed by atoms with Gasteiger partial charge in [-0.25, -0.2) is 8.42 Å². The van der Waals surface area contributed by atoms with Gasteiger partial charge in [-0.3, -0.25) is 14.5 Å². The summed E-state index contributed by atoms with van der Waals surface area (Å²) in [6.07, 6.45) is 8.12. The first-order valence-corrected chi connectivity index (χ1v) is 12.4. The molecule has 0 bridgehead atoms. The molecule has 1 aliphatic heterocycles. The Morgan fingerprint density at radius 2 is 1.72 bits per heavy atom. The number of carbonyl (C=O) groups is 1. The minimum absolute atomic E-state index is 0.147. The predicted octanol–water partition coefficient (Wildman–Crippen LogP) is 4.13. The van der Waals surface area contributed by atoms with Gasteiger partial charge in [-0.2, -0.15) is 0 Å². The largest absolute Gasteiger partial charge is 0.321 e. The van der Waals surface area contributed by atoms with Crippen LogP contribution in [0.25, 0.3) is 0 Å². The summed E-state index contributed by atoms with van der Waals surface area (Å²) in [5.74, 6) is 0.382. The van der Waals surface area contributed by atoms with Gasteiger partial charge in [0, 0.05) is 23.5 Å². The standard InChI is InChI=1S/C21H25N3O3S2/c25-21(19-14-15-6-3-4-7-18(15)28-19)23-16-9-11-17(12-10-16)29(26,27)24-20-8-2-1-5-13-22-20/h9-12,14H,1-8,13H2,(H,22,24)(H,23,25). The highest BCUT2D eigenvalue weighted by Gasteiger charge is 2.19. The van der Waals surface area contributed by atoms with Crippen molar-refractivity contribution in [2.45, 2.75) is 56.3 Å². The summed E-state index contributed by atoms with van der Waals surface area (Å²) in [4.78, 5) is 19.1. The molecular formula is C21H25N3O3S2. The quantitative estimate of drug-likeness (QED) is 0.763. The fourth-order valence-corrected chi connectivity index (χ4v) is 5.92. The van der Waals surface area contributed by atoms with Crippen LogP contribution in [0.4, 0.5) is 5.69 Å². The van der Waals surface area contributed by atoms with E-state index in [0.717, 1.165) is 32.1 Å². The summed E-state index contributed by atoms with van der Waals surface area (Å²) in [7, 11) is -3.67. The maximum Gasteiger partial charge on any atom is 0.265 e. The number of hydrogen-bond acceptors (Lipinski definition) is 5. The number of aryl methyl sites for hydroxylation is 2. The third kappa shape index (κ3) is 4.87. The van der Waals surface area contributed by atoms with E-state index in [2.05, 4.69) is 15.0 Å². The SMILES string of the molecule is O=C(Nc1ccc(S(=O)(=O)NC2=NCCCCC2)cc1)c1cc2c(s1)CCCC2. The van der Waals surface area contributed by atoms with Gasteiger partial charge in [-0.05, 0) is 74.4 Å². The lowest BCUT2D eigenvalue weighted by atomic mass is 9.99. The molecule has 2 aliphatic rings. The Balaban J connectivity index is 1.42. The Kier molecular flexibility index (Phi) is 6.01. The summed E-state index contributed by atoms with van der Waals surface area (Å²) in [6, 6.07) is 8.25. The molecule has 1 aromatic carbocycles. The van der Waals surface area contributed by atoms with Crippen LogP contribution in [0.3, 0.4) is 0 Å². The van der Waals surface area contributed by atoms with E-state index in [1.54, 1.807) is 23.5 Å². The predicted molar refractivity (Wildman–Crippen MR) is 116 cm³/mol. The van der Waals surface area contributed by atoms with E-state index in [1.807, 2.05) is 6.07 Å². The zero-order chi connectivity index (χ0) is 20.3. The summed E-state index contributed by atoms with van der Waals surface area (Å²) >= 11 is 1.56. The lowest BCUT2D eigenvalue weighted by molar-refractivity contribution is 0.103. The lowest BCUT2D eigenvalue weighted by Gasteiger charge is -2.10. The Morgan fingerprint density at radius 1 is 0.966 bits per heavy atom. The van der Waals surface area contributed by atoms with Gasteiger partial charge < -0.3 is 5.32 Å². The van der Waals surface area contributed by atoms with Gasteiger partial charge in [0.15, 0.2) is 0 Å². The average molecular weight is 432 g/mol. The van der Waals surface area contributed by atoms with Crippen molar-refractivity contribution in [3.8, 4) is 0 Å². The topological polar surface area (TPSA) is 87.6 Å². The van der Waals surface area contributed by atoms with Crippen molar-refractivity contribution in [1.82, 2.24) is 4.72 Å². The molecule has 4 rings (SSSR count). The first-order valence-electron chi connectivity index (χ1n) is 10.1. The van der Waals surface area contributed by atoms with E-state index >= 15 is 0 Å². The smallest absolute Gasteiger partial charge is 0.265 e. The molecule has 0 saturated heterocycles. The summed E-state index contributed by atoms with van der Waals surface area (Å²) < 4.78 is 27.8. The first kappa shape index (κ1) is 20.1. The lowest BCUT2D eigenvalue weighted by Crippen LogP contribution is -2.30. The van der Waals surface area contributed by atoms with E-state index in [0.29, 0.717) is 29.4 Å². The maximum absolute atomic E-state index is 12.6. The second kappa shape index (κ2) is 8.67. The molecule has 2 aromatic rings. The minimum Gasteiger partial charge on any atom is -0.321 e. The molecule has 0 spiro atoms. The highest BCUT2D eigenvalue weighted by Crippen LogP contribution is 2.30. The van der Waals surface area contributed by atoms with Crippen molar-refractivity contribution in [3.63, 3.8) is 0 Å². The summed E-state index contributed by atoms with van der Waals surface area (Å²) in [5.41, 5.74) is 1.87. The molecule has 154 valence electrons. The number of sulfonamides is 1. The maximum atomic E-state index is 12.6. The van der Waals surface area contributed by atoms with Crippen LogP contribution in [0, 0.1) is 0 Å². The van der Waals surface area contributed by atoms with Crippen LogP contribution in [-0.4, -0.2) is 26.7 Å². The van der Waals surface area contributed by atoms with Crippen LogP contribution in [0.5, 0.6) is 0 Å². The molecule has 0 atom stereocenters. The van der Waals surface area contributed by atoms with Crippen LogP contribution >= 0.6 is 11.3 Å². The van der Waals surface area contributed by atoms with Crippen molar-refractivity contribution in [2.75, 3.05) is 11.9 Å². The number of amidine groups is 1. The van der Waals surface area contributed by atoms with E-state index in [-0.39, 0.29) is 10.8 Å². The van der Waals surface area contributed by atoms with E-state index in [9.17, 15) is 13.2 Å². The molecule has 29 heavy (non-hydrogen) atoms. The molecule has 1 amide bonds. The average Bonchev–Trinajstić information content (AvgIpc) is 2.99. The van der Waals surface area contributed by atoms with Gasteiger partial charge >= 0.3 is 0 Å². The van der Waals surface area contributed by atoms with Crippen LogP contribution in [0.1, 0.15) is 58.6 Å². The number of benzene rings is 1. The van der Waals surface area contributed by atoms with Gasteiger partial charge in [-0.1, -0.05) is 6.42 Å². The molecule has 0 radical (unpaired) electrons. The van der Waals surface area contributed by atoms with Crippen molar-refractivity contribution < 1.29 is 13.2 Å². The zero-order valence-electron chi connectivity index (χ0n) is 16.2. The second-order valence-corrected chi connectivity index (χ2v) is 10.3. The molecule has 2 heterocycles. The van der Waals surface area contributed by atoms with Crippen molar-refractivity contribution in [3.05, 3.63) is 45.6 Å². The van der Waals surface area contributed by atoms with Gasteiger partial charge in [-0.15, -0.1) is 11.3 Å². The van der Waals surface area contributed by atoms with E-state index in [4.69, 9.17) is 0 Å². The molecule has 1 aromatic heterocycles. The van der Waals surface area contributed by atoms with Gasteiger partial charge in [0.1, 0.15) is 5.84 Å². The number of amides is 1. The number of hydrogen-bond donors (Lipinski definition) is 2. The second-order valence-electron chi connectivity index (χ2n) is 7.49. The van der Waals surface area contributed by atoms with Crippen LogP contribution in [0.15, 0.2) is 40.2 Å². The number of fused-ring (bicyclic) bond motifs is 1. The molecule has 0 saturated carbocycles. The van der Waals surface area contributed by atoms with Crippen molar-refractivity contribution >= 4 is 38.8 Å². The summed E-state index contributed by atoms with van der Waals surface area (Å²) in [5, 5.41) is 2.87. The zero-order valence-corrected chi connectivity index (χ0v) is 17.9. The molecule has 0 fully saturated rings. The number of nitrogens with zero attached hydrogens (tertiary/aromatic N) is 1. The highest BCUT2D eigenvalue weighted by molar-refractivity contribution is 7.90. The minimum atomic E-state index is -3.67. The van der Waals surface area contributed by atoms with Crippen LogP contribution < -0.4 is 10.0 Å². The van der Waals surface area contributed by atoms with Crippen LogP contribution in [-0.2, 0) is 22.9 Å². The fourth-order valence-electron chi connectivity index (χ4n) is 3.68. The molecule has 1 aliphatic carbocycles. The first-order chi connectivity index (χ1) is 14.0. The molecule has 2 N–H and O–H groups in total. The third-order valence-corrected chi connectivity index (χ3v) is 7.90. The fraction of sp³-hybridized carbons (Fsp3) is 0.429. The number of rotatable bonds is 4. The molecule has 8 heteroatoms. The normalized spacial score (nSPS) is 17.0. The Bertz CT molecular complexity index is 1000. The molecular weight excluding hydrogens is 406 g/mol. The van der Waals surface area contributed by atoms with Gasteiger partial charge in [0.25, 0.3) is 15.9 Å². The van der Waals surface area contributed by atoms with E-state index < -0.39 is 10.0 Å². The third-order valence-electron chi connectivity index (χ3n) is 5.27. The molecule has 6 nitrogen and oxygen atoms in total. The monoisotopic (exact) mass is 431 g/mol. The number of thiophene rings is 1. The number of anilines is 1. The Labute approximate surface area is 175 Å². The number of aliphatic imine (C=N–C) groups is 1.